The highest BCUT2D eigenvalue weighted by atomic mass is 19.1. The van der Waals surface area contributed by atoms with Crippen molar-refractivity contribution in [2.45, 2.75) is 33.2 Å². The number of urea groups is 1. The van der Waals surface area contributed by atoms with Crippen molar-refractivity contribution in [1.82, 2.24) is 4.90 Å². The average Bonchev–Trinajstić information content (AvgIpc) is 2.35. The number of nitrogens with one attached hydrogen (secondary N) is 1. The third kappa shape index (κ3) is 3.07. The molecule has 1 rings (SSSR count). The first-order chi connectivity index (χ1) is 9.21. The van der Waals surface area contributed by atoms with Gasteiger partial charge in [-0.25, -0.2) is 14.0 Å². The van der Waals surface area contributed by atoms with Crippen LogP contribution in [0.5, 0.6) is 0 Å². The summed E-state index contributed by atoms with van der Waals surface area (Å²) in [5, 5.41) is 11.7. The number of halogens is 1. The van der Waals surface area contributed by atoms with E-state index >= 15 is 0 Å². The van der Waals surface area contributed by atoms with E-state index in [1.165, 1.54) is 30.9 Å². The van der Waals surface area contributed by atoms with E-state index in [1.54, 1.807) is 19.9 Å². The van der Waals surface area contributed by atoms with Gasteiger partial charge in [-0.05, 0) is 39.8 Å². The molecule has 1 aromatic carbocycles. The van der Waals surface area contributed by atoms with Gasteiger partial charge in [-0.2, -0.15) is 0 Å². The maximum Gasteiger partial charge on any atom is 0.329 e. The van der Waals surface area contributed by atoms with Gasteiger partial charge in [0.05, 0.1) is 0 Å². The second-order valence-electron chi connectivity index (χ2n) is 4.95. The second-order valence-corrected chi connectivity index (χ2v) is 4.95. The second kappa shape index (κ2) is 5.90. The minimum Gasteiger partial charge on any atom is -0.480 e. The van der Waals surface area contributed by atoms with Gasteiger partial charge in [-0.3, -0.25) is 0 Å². The predicted molar refractivity (Wildman–Crippen MR) is 74.3 cm³/mol. The molecule has 0 aliphatic rings. The number of amides is 2. The van der Waals surface area contributed by atoms with Gasteiger partial charge in [0.25, 0.3) is 0 Å². The van der Waals surface area contributed by atoms with Crippen molar-refractivity contribution in [2.75, 3.05) is 11.9 Å². The van der Waals surface area contributed by atoms with Crippen LogP contribution in [0.3, 0.4) is 0 Å². The summed E-state index contributed by atoms with van der Waals surface area (Å²) in [6.45, 7) is 6.33. The van der Waals surface area contributed by atoms with Crippen LogP contribution >= 0.6 is 0 Å². The molecule has 0 saturated heterocycles. The fraction of sp³-hybridized carbons (Fsp3) is 0.429. The average molecular weight is 282 g/mol. The number of carbonyl (C=O) groups is 2. The SMILES string of the molecule is CCN(C(=O)Nc1cccc(F)c1C)C(C)(C)C(=O)O. The molecule has 1 aromatic rings. The first-order valence-corrected chi connectivity index (χ1v) is 6.29. The minimum absolute atomic E-state index is 0.222. The van der Waals surface area contributed by atoms with Crippen LogP contribution in [0.15, 0.2) is 18.2 Å². The fourth-order valence-electron chi connectivity index (χ4n) is 1.83. The molecule has 20 heavy (non-hydrogen) atoms. The molecule has 0 saturated carbocycles. The van der Waals surface area contributed by atoms with Crippen molar-refractivity contribution in [3.8, 4) is 0 Å². The highest BCUT2D eigenvalue weighted by Crippen LogP contribution is 2.20. The summed E-state index contributed by atoms with van der Waals surface area (Å²) < 4.78 is 13.4. The Kier molecular flexibility index (Phi) is 4.70. The first kappa shape index (κ1) is 15.9. The standard InChI is InChI=1S/C14H19FN2O3/c1-5-17(14(3,4)12(18)19)13(20)16-11-8-6-7-10(15)9(11)2/h6-8H,5H2,1-4H3,(H,16,20)(H,18,19). The Labute approximate surface area is 117 Å². The molecule has 0 spiro atoms. The van der Waals surface area contributed by atoms with Gasteiger partial charge < -0.3 is 15.3 Å². The van der Waals surface area contributed by atoms with Crippen LogP contribution in [-0.2, 0) is 4.79 Å². The van der Waals surface area contributed by atoms with Crippen molar-refractivity contribution in [3.05, 3.63) is 29.6 Å². The molecule has 0 atom stereocenters. The molecule has 0 aliphatic carbocycles. The maximum absolute atomic E-state index is 13.4. The van der Waals surface area contributed by atoms with Crippen molar-refractivity contribution >= 4 is 17.7 Å². The van der Waals surface area contributed by atoms with Gasteiger partial charge in [0.2, 0.25) is 0 Å². The van der Waals surface area contributed by atoms with Gasteiger partial charge in [0.1, 0.15) is 11.4 Å². The molecule has 110 valence electrons. The number of carbonyl (C=O) groups excluding carboxylic acids is 1. The molecule has 0 heterocycles. The van der Waals surface area contributed by atoms with E-state index in [0.717, 1.165) is 0 Å². The number of benzene rings is 1. The van der Waals surface area contributed by atoms with Gasteiger partial charge >= 0.3 is 12.0 Å². The molecular formula is C14H19FN2O3. The number of carboxylic acids is 1. The molecular weight excluding hydrogens is 263 g/mol. The van der Waals surface area contributed by atoms with E-state index in [9.17, 15) is 19.1 Å². The lowest BCUT2D eigenvalue weighted by molar-refractivity contribution is -0.147. The number of rotatable bonds is 4. The molecule has 2 N–H and O–H groups in total. The van der Waals surface area contributed by atoms with Gasteiger partial charge in [0, 0.05) is 17.8 Å². The van der Waals surface area contributed by atoms with Crippen LogP contribution < -0.4 is 5.32 Å². The molecule has 0 bridgehead atoms. The zero-order chi connectivity index (χ0) is 15.5. The Balaban J connectivity index is 3.00. The third-order valence-electron chi connectivity index (χ3n) is 3.27. The van der Waals surface area contributed by atoms with E-state index in [1.807, 2.05) is 0 Å². The van der Waals surface area contributed by atoms with Crippen LogP contribution in [0.1, 0.15) is 26.3 Å². The number of nitrogens with zero attached hydrogens (tertiary/aromatic N) is 1. The minimum atomic E-state index is -1.35. The van der Waals surface area contributed by atoms with Crippen molar-refractivity contribution in [3.63, 3.8) is 0 Å². The molecule has 6 heteroatoms. The monoisotopic (exact) mass is 282 g/mol. The normalized spacial score (nSPS) is 11.1. The van der Waals surface area contributed by atoms with E-state index < -0.39 is 23.4 Å². The Morgan fingerprint density at radius 1 is 1.40 bits per heavy atom. The Morgan fingerprint density at radius 2 is 2.00 bits per heavy atom. The van der Waals surface area contributed by atoms with E-state index in [2.05, 4.69) is 5.32 Å². The Morgan fingerprint density at radius 3 is 2.50 bits per heavy atom. The van der Waals surface area contributed by atoms with E-state index in [-0.39, 0.29) is 6.54 Å². The van der Waals surface area contributed by atoms with Crippen molar-refractivity contribution in [2.24, 2.45) is 0 Å². The van der Waals surface area contributed by atoms with E-state index in [0.29, 0.717) is 11.3 Å². The first-order valence-electron chi connectivity index (χ1n) is 6.29. The predicted octanol–water partition coefficient (Wildman–Crippen LogP) is 2.85. The molecule has 0 unspecified atom stereocenters. The Hall–Kier alpha value is -2.11. The van der Waals surface area contributed by atoms with E-state index in [4.69, 9.17) is 0 Å². The van der Waals surface area contributed by atoms with Crippen LogP contribution in [0.4, 0.5) is 14.9 Å². The number of carboxylic acid groups (broad SMARTS) is 1. The summed E-state index contributed by atoms with van der Waals surface area (Å²) in [5.74, 6) is -1.53. The van der Waals surface area contributed by atoms with Crippen LogP contribution in [0.2, 0.25) is 0 Å². The fourth-order valence-corrected chi connectivity index (χ4v) is 1.83. The number of anilines is 1. The molecule has 5 nitrogen and oxygen atoms in total. The topological polar surface area (TPSA) is 69.6 Å². The molecule has 2 amide bonds. The quantitative estimate of drug-likeness (QED) is 0.892. The van der Waals surface area contributed by atoms with Crippen LogP contribution in [-0.4, -0.2) is 34.1 Å². The third-order valence-corrected chi connectivity index (χ3v) is 3.27. The zero-order valence-corrected chi connectivity index (χ0v) is 12.0. The summed E-state index contributed by atoms with van der Waals surface area (Å²) in [6.07, 6.45) is 0. The Bertz CT molecular complexity index is 529. The summed E-state index contributed by atoms with van der Waals surface area (Å²) >= 11 is 0. The smallest absolute Gasteiger partial charge is 0.329 e. The molecule has 0 aromatic heterocycles. The molecule has 0 aliphatic heterocycles. The van der Waals surface area contributed by atoms with Crippen LogP contribution in [0, 0.1) is 12.7 Å². The lowest BCUT2D eigenvalue weighted by Gasteiger charge is -2.34. The molecule has 0 radical (unpaired) electrons. The molecule has 0 fully saturated rings. The number of hydrogen-bond acceptors (Lipinski definition) is 2. The lowest BCUT2D eigenvalue weighted by atomic mass is 10.0. The van der Waals surface area contributed by atoms with Gasteiger partial charge in [0.15, 0.2) is 0 Å². The summed E-state index contributed by atoms with van der Waals surface area (Å²) in [6, 6.07) is 3.77. The highest BCUT2D eigenvalue weighted by molar-refractivity contribution is 5.94. The zero-order valence-electron chi connectivity index (χ0n) is 12.0. The van der Waals surface area contributed by atoms with Crippen molar-refractivity contribution in [1.29, 1.82) is 0 Å². The number of hydrogen-bond donors (Lipinski definition) is 2. The summed E-state index contributed by atoms with van der Waals surface area (Å²) in [4.78, 5) is 24.6. The lowest BCUT2D eigenvalue weighted by Crippen LogP contribution is -2.54. The number of likely N-dealkylation sites (N-methyl/N-ethyl adjacent to an activating group) is 1. The largest absolute Gasteiger partial charge is 0.480 e. The maximum atomic E-state index is 13.4. The van der Waals surface area contributed by atoms with Crippen LogP contribution in [0.25, 0.3) is 0 Å². The van der Waals surface area contributed by atoms with Gasteiger partial charge in [-0.15, -0.1) is 0 Å². The van der Waals surface area contributed by atoms with Crippen molar-refractivity contribution < 1.29 is 19.1 Å². The van der Waals surface area contributed by atoms with Gasteiger partial charge in [-0.1, -0.05) is 6.07 Å². The summed E-state index contributed by atoms with van der Waals surface area (Å²) in [7, 11) is 0. The highest BCUT2D eigenvalue weighted by Gasteiger charge is 2.37. The number of aliphatic carboxylic acids is 1. The summed E-state index contributed by atoms with van der Waals surface area (Å²) in [5.41, 5.74) is -0.709.